The van der Waals surface area contributed by atoms with Crippen LogP contribution in [0.3, 0.4) is 0 Å². The normalized spacial score (nSPS) is 36.2. The van der Waals surface area contributed by atoms with Crippen molar-refractivity contribution >= 4 is 5.97 Å². The molecular formula is C13H23NO3. The molecule has 0 spiro atoms. The summed E-state index contributed by atoms with van der Waals surface area (Å²) in [5.74, 6) is 0.324. The number of rotatable bonds is 3. The van der Waals surface area contributed by atoms with Crippen molar-refractivity contribution < 1.29 is 14.3 Å². The Morgan fingerprint density at radius 3 is 2.71 bits per heavy atom. The second-order valence-corrected chi connectivity index (χ2v) is 6.19. The van der Waals surface area contributed by atoms with Gasteiger partial charge in [-0.1, -0.05) is 0 Å². The first kappa shape index (κ1) is 12.8. The minimum atomic E-state index is -0.414. The third-order valence-electron chi connectivity index (χ3n) is 3.86. The highest BCUT2D eigenvalue weighted by atomic mass is 16.6. The molecule has 2 fully saturated rings. The molecule has 17 heavy (non-hydrogen) atoms. The smallest absolute Gasteiger partial charge is 0.309 e. The average Bonchev–Trinajstić information content (AvgIpc) is 2.54. The molecule has 2 rings (SSSR count). The number of methoxy groups -OCH3 is 1. The number of fused-ring (bicyclic) bond motifs is 1. The molecule has 0 unspecified atom stereocenters. The van der Waals surface area contributed by atoms with Crippen molar-refractivity contribution in [1.29, 1.82) is 0 Å². The molecular weight excluding hydrogens is 218 g/mol. The van der Waals surface area contributed by atoms with E-state index in [-0.39, 0.29) is 11.6 Å². The Hall–Kier alpha value is -0.610. The van der Waals surface area contributed by atoms with Crippen LogP contribution in [0, 0.1) is 5.92 Å². The summed E-state index contributed by atoms with van der Waals surface area (Å²) in [5, 5.41) is 3.43. The zero-order valence-electron chi connectivity index (χ0n) is 11.2. The van der Waals surface area contributed by atoms with Crippen molar-refractivity contribution in [3.63, 3.8) is 0 Å². The van der Waals surface area contributed by atoms with E-state index in [1.54, 1.807) is 7.11 Å². The van der Waals surface area contributed by atoms with Crippen molar-refractivity contribution in [3.8, 4) is 0 Å². The Kier molecular flexibility index (Phi) is 3.21. The molecule has 98 valence electrons. The van der Waals surface area contributed by atoms with Crippen molar-refractivity contribution in [2.24, 2.45) is 5.92 Å². The van der Waals surface area contributed by atoms with Gasteiger partial charge in [0.15, 0.2) is 0 Å². The zero-order chi connectivity index (χ0) is 12.7. The molecule has 0 aromatic rings. The van der Waals surface area contributed by atoms with Crippen LogP contribution >= 0.6 is 0 Å². The van der Waals surface area contributed by atoms with Gasteiger partial charge in [-0.3, -0.25) is 4.79 Å². The summed E-state index contributed by atoms with van der Waals surface area (Å²) in [6.07, 6.45) is 2.40. The first-order chi connectivity index (χ1) is 7.86. The van der Waals surface area contributed by atoms with Gasteiger partial charge in [0.05, 0.1) is 12.0 Å². The van der Waals surface area contributed by atoms with Gasteiger partial charge in [-0.25, -0.2) is 0 Å². The summed E-state index contributed by atoms with van der Waals surface area (Å²) in [5.41, 5.74) is -0.695. The van der Waals surface area contributed by atoms with Gasteiger partial charge in [0.25, 0.3) is 0 Å². The maximum Gasteiger partial charge on any atom is 0.309 e. The predicted octanol–water partition coefficient (Wildman–Crippen LogP) is 1.49. The van der Waals surface area contributed by atoms with Gasteiger partial charge in [0.2, 0.25) is 0 Å². The fraction of sp³-hybridized carbons (Fsp3) is 0.923. The minimum Gasteiger partial charge on any atom is -0.460 e. The van der Waals surface area contributed by atoms with Crippen LogP contribution in [0.4, 0.5) is 0 Å². The predicted molar refractivity (Wildman–Crippen MR) is 64.7 cm³/mol. The lowest BCUT2D eigenvalue weighted by Gasteiger charge is -2.50. The molecule has 1 aliphatic heterocycles. The minimum absolute atomic E-state index is 0.148. The highest BCUT2D eigenvalue weighted by molar-refractivity contribution is 5.71. The summed E-state index contributed by atoms with van der Waals surface area (Å²) in [7, 11) is 1.71. The standard InChI is InChI=1S/C13H23NO3/c1-12(2,3)17-11(15)8-13(16-4)7-10-9(13)5-6-14-10/h9-10,14H,5-8H2,1-4H3/t9-,10-,13+/m1/s1. The lowest BCUT2D eigenvalue weighted by atomic mass is 9.64. The van der Waals surface area contributed by atoms with Crippen LogP contribution in [0.1, 0.15) is 40.0 Å². The molecule has 3 atom stereocenters. The molecule has 1 N–H and O–H groups in total. The van der Waals surface area contributed by atoms with Crippen molar-refractivity contribution in [2.45, 2.75) is 57.3 Å². The van der Waals surface area contributed by atoms with E-state index in [1.807, 2.05) is 20.8 Å². The van der Waals surface area contributed by atoms with Gasteiger partial charge in [-0.15, -0.1) is 0 Å². The Morgan fingerprint density at radius 1 is 1.47 bits per heavy atom. The van der Waals surface area contributed by atoms with Gasteiger partial charge in [0, 0.05) is 19.1 Å². The van der Waals surface area contributed by atoms with Crippen LogP contribution in [-0.2, 0) is 14.3 Å². The number of carbonyl (C=O) groups excluding carboxylic acids is 1. The summed E-state index contributed by atoms with van der Waals surface area (Å²) in [6, 6.07) is 0.539. The van der Waals surface area contributed by atoms with Crippen LogP contribution in [0.25, 0.3) is 0 Å². The second kappa shape index (κ2) is 4.25. The van der Waals surface area contributed by atoms with Gasteiger partial charge in [-0.2, -0.15) is 0 Å². The van der Waals surface area contributed by atoms with Gasteiger partial charge >= 0.3 is 5.97 Å². The van der Waals surface area contributed by atoms with Gasteiger partial charge in [0.1, 0.15) is 5.60 Å². The molecule has 0 aromatic carbocycles. The molecule has 4 nitrogen and oxygen atoms in total. The van der Waals surface area contributed by atoms with E-state index in [4.69, 9.17) is 9.47 Å². The first-order valence-electron chi connectivity index (χ1n) is 6.37. The van der Waals surface area contributed by atoms with Gasteiger partial charge < -0.3 is 14.8 Å². The quantitative estimate of drug-likeness (QED) is 0.760. The third kappa shape index (κ3) is 2.47. The highest BCUT2D eigenvalue weighted by Gasteiger charge is 2.57. The van der Waals surface area contributed by atoms with E-state index < -0.39 is 5.60 Å². The second-order valence-electron chi connectivity index (χ2n) is 6.19. The van der Waals surface area contributed by atoms with E-state index in [1.165, 1.54) is 0 Å². The molecule has 1 aliphatic carbocycles. The first-order valence-corrected chi connectivity index (χ1v) is 6.37. The Balaban J connectivity index is 1.94. The van der Waals surface area contributed by atoms with E-state index >= 15 is 0 Å². The van der Waals surface area contributed by atoms with E-state index in [9.17, 15) is 4.79 Å². The lowest BCUT2D eigenvalue weighted by molar-refractivity contribution is -0.177. The Bertz CT molecular complexity index is 310. The van der Waals surface area contributed by atoms with E-state index in [0.29, 0.717) is 18.4 Å². The van der Waals surface area contributed by atoms with Crippen molar-refractivity contribution in [1.82, 2.24) is 5.32 Å². The maximum atomic E-state index is 11.9. The molecule has 1 saturated carbocycles. The van der Waals surface area contributed by atoms with Crippen LogP contribution in [-0.4, -0.2) is 36.9 Å². The van der Waals surface area contributed by atoms with Crippen LogP contribution < -0.4 is 5.32 Å². The molecule has 1 saturated heterocycles. The summed E-state index contributed by atoms with van der Waals surface area (Å²) in [4.78, 5) is 11.9. The average molecular weight is 241 g/mol. The number of hydrogen-bond donors (Lipinski definition) is 1. The molecule has 0 radical (unpaired) electrons. The van der Waals surface area contributed by atoms with E-state index in [2.05, 4.69) is 5.32 Å². The monoisotopic (exact) mass is 241 g/mol. The molecule has 4 heteroatoms. The van der Waals surface area contributed by atoms with Crippen LogP contribution in [0.5, 0.6) is 0 Å². The summed E-state index contributed by atoms with van der Waals surface area (Å²) in [6.45, 7) is 6.72. The fourth-order valence-corrected chi connectivity index (χ4v) is 3.11. The number of carbonyl (C=O) groups is 1. The molecule has 0 aromatic heterocycles. The van der Waals surface area contributed by atoms with E-state index in [0.717, 1.165) is 19.4 Å². The maximum absolute atomic E-state index is 11.9. The molecule has 1 heterocycles. The third-order valence-corrected chi connectivity index (χ3v) is 3.86. The van der Waals surface area contributed by atoms with Gasteiger partial charge in [-0.05, 0) is 40.2 Å². The molecule has 0 bridgehead atoms. The largest absolute Gasteiger partial charge is 0.460 e. The summed E-state index contributed by atoms with van der Waals surface area (Å²) < 4.78 is 11.0. The van der Waals surface area contributed by atoms with Crippen molar-refractivity contribution in [2.75, 3.05) is 13.7 Å². The number of ether oxygens (including phenoxy) is 2. The molecule has 0 amide bonds. The number of esters is 1. The van der Waals surface area contributed by atoms with Crippen LogP contribution in [0.15, 0.2) is 0 Å². The SMILES string of the molecule is CO[C@]1(CC(=O)OC(C)(C)C)C[C@H]2NCC[C@H]21. The topological polar surface area (TPSA) is 47.6 Å². The highest BCUT2D eigenvalue weighted by Crippen LogP contribution is 2.48. The lowest BCUT2D eigenvalue weighted by Crippen LogP contribution is -2.60. The zero-order valence-corrected chi connectivity index (χ0v) is 11.2. The van der Waals surface area contributed by atoms with Crippen LogP contribution in [0.2, 0.25) is 0 Å². The number of hydrogen-bond acceptors (Lipinski definition) is 4. The fourth-order valence-electron chi connectivity index (χ4n) is 3.11. The Labute approximate surface area is 103 Å². The molecule has 2 aliphatic rings. The Morgan fingerprint density at radius 2 is 2.18 bits per heavy atom. The number of nitrogens with one attached hydrogen (secondary N) is 1. The van der Waals surface area contributed by atoms with Crippen molar-refractivity contribution in [3.05, 3.63) is 0 Å². The summed E-state index contributed by atoms with van der Waals surface area (Å²) >= 11 is 0.